The number of thioether (sulfide) groups is 1. The largest absolute Gasteiger partial charge is 0.493 e. The summed E-state index contributed by atoms with van der Waals surface area (Å²) in [5.41, 5.74) is 1.30. The molecule has 0 saturated carbocycles. The molecule has 1 aromatic heterocycles. The van der Waals surface area contributed by atoms with Gasteiger partial charge in [-0.05, 0) is 31.2 Å². The van der Waals surface area contributed by atoms with Gasteiger partial charge in [0.05, 0.1) is 23.6 Å². The molecule has 0 atom stereocenters. The first-order chi connectivity index (χ1) is 15.2. The second kappa shape index (κ2) is 9.82. The lowest BCUT2D eigenvalue weighted by Gasteiger charge is -2.36. The highest BCUT2D eigenvalue weighted by Crippen LogP contribution is 2.30. The molecule has 1 amide bonds. The quantitative estimate of drug-likeness (QED) is 0.517. The Hall–Kier alpha value is -3.07. The summed E-state index contributed by atoms with van der Waals surface area (Å²) in [7, 11) is 0. The summed E-state index contributed by atoms with van der Waals surface area (Å²) >= 11 is 1.21. The highest BCUT2D eigenvalue weighted by atomic mass is 32.2. The van der Waals surface area contributed by atoms with Crippen LogP contribution in [0.3, 0.4) is 0 Å². The maximum absolute atomic E-state index is 14.0. The number of hydrogen-bond donors (Lipinski definition) is 0. The van der Waals surface area contributed by atoms with E-state index in [1.807, 2.05) is 42.2 Å². The predicted molar refractivity (Wildman–Crippen MR) is 117 cm³/mol. The van der Waals surface area contributed by atoms with E-state index in [0.29, 0.717) is 55.3 Å². The number of nitrogens with zero attached hydrogens (tertiary/aromatic N) is 4. The fourth-order valence-electron chi connectivity index (χ4n) is 3.42. The number of rotatable bonds is 7. The third-order valence-electron chi connectivity index (χ3n) is 4.97. The van der Waals surface area contributed by atoms with Gasteiger partial charge in [-0.15, -0.1) is 10.2 Å². The molecule has 1 saturated heterocycles. The fourth-order valence-corrected chi connectivity index (χ4v) is 4.09. The molecule has 1 aliphatic rings. The highest BCUT2D eigenvalue weighted by Gasteiger charge is 2.23. The van der Waals surface area contributed by atoms with Crippen LogP contribution in [0.2, 0.25) is 0 Å². The van der Waals surface area contributed by atoms with Crippen molar-refractivity contribution in [3.8, 4) is 17.2 Å². The maximum Gasteiger partial charge on any atom is 0.277 e. The molecule has 0 aliphatic carbocycles. The number of carbonyl (C=O) groups excluding carboxylic acids is 1. The van der Waals surface area contributed by atoms with Crippen LogP contribution in [0.5, 0.6) is 5.75 Å². The third kappa shape index (κ3) is 4.99. The topological polar surface area (TPSA) is 71.7 Å². The van der Waals surface area contributed by atoms with Gasteiger partial charge in [0.2, 0.25) is 5.91 Å². The number of piperazine rings is 1. The van der Waals surface area contributed by atoms with Crippen LogP contribution in [-0.4, -0.2) is 59.5 Å². The first-order valence-electron chi connectivity index (χ1n) is 10.1. The summed E-state index contributed by atoms with van der Waals surface area (Å²) in [6.45, 7) is 4.72. The molecular formula is C22H23FN4O3S. The van der Waals surface area contributed by atoms with Gasteiger partial charge in [-0.2, -0.15) is 0 Å². The average Bonchev–Trinajstić information content (AvgIpc) is 3.27. The average molecular weight is 443 g/mol. The molecule has 3 aromatic rings. The van der Waals surface area contributed by atoms with E-state index in [9.17, 15) is 9.18 Å². The van der Waals surface area contributed by atoms with Crippen molar-refractivity contribution in [1.29, 1.82) is 0 Å². The monoisotopic (exact) mass is 442 g/mol. The van der Waals surface area contributed by atoms with Gasteiger partial charge in [0.25, 0.3) is 11.1 Å². The lowest BCUT2D eigenvalue weighted by Crippen LogP contribution is -2.49. The van der Waals surface area contributed by atoms with Crippen LogP contribution < -0.4 is 9.64 Å². The van der Waals surface area contributed by atoms with Crippen molar-refractivity contribution in [2.75, 3.05) is 43.4 Å². The first-order valence-corrected chi connectivity index (χ1v) is 11.1. The van der Waals surface area contributed by atoms with Gasteiger partial charge in [0, 0.05) is 26.2 Å². The van der Waals surface area contributed by atoms with E-state index in [-0.39, 0.29) is 17.5 Å². The van der Waals surface area contributed by atoms with Gasteiger partial charge >= 0.3 is 0 Å². The van der Waals surface area contributed by atoms with Gasteiger partial charge in [0.15, 0.2) is 0 Å². The number of amides is 1. The number of para-hydroxylation sites is 2. The van der Waals surface area contributed by atoms with Gasteiger partial charge in [0.1, 0.15) is 11.6 Å². The van der Waals surface area contributed by atoms with E-state index in [1.165, 1.54) is 17.8 Å². The number of anilines is 1. The molecule has 2 heterocycles. The molecular weight excluding hydrogens is 419 g/mol. The minimum atomic E-state index is -0.240. The van der Waals surface area contributed by atoms with E-state index < -0.39 is 0 Å². The number of hydrogen-bond acceptors (Lipinski definition) is 7. The number of aromatic nitrogens is 2. The van der Waals surface area contributed by atoms with Crippen LogP contribution in [0.25, 0.3) is 11.5 Å². The zero-order valence-electron chi connectivity index (χ0n) is 17.2. The Bertz CT molecular complexity index is 1040. The second-order valence-electron chi connectivity index (χ2n) is 6.91. The maximum atomic E-state index is 14.0. The van der Waals surface area contributed by atoms with Crippen LogP contribution in [0.4, 0.5) is 10.1 Å². The lowest BCUT2D eigenvalue weighted by atomic mass is 10.2. The van der Waals surface area contributed by atoms with Crippen molar-refractivity contribution in [2.24, 2.45) is 0 Å². The molecule has 2 aromatic carbocycles. The number of benzene rings is 2. The van der Waals surface area contributed by atoms with Crippen molar-refractivity contribution in [1.82, 2.24) is 15.1 Å². The summed E-state index contributed by atoms with van der Waals surface area (Å²) in [5.74, 6) is 0.990. The Labute approximate surface area is 184 Å². The Morgan fingerprint density at radius 3 is 2.61 bits per heavy atom. The van der Waals surface area contributed by atoms with E-state index >= 15 is 0 Å². The molecule has 0 radical (unpaired) electrons. The molecule has 9 heteroatoms. The van der Waals surface area contributed by atoms with E-state index in [2.05, 4.69) is 10.2 Å². The number of carbonyl (C=O) groups is 1. The van der Waals surface area contributed by atoms with Crippen molar-refractivity contribution >= 4 is 23.4 Å². The van der Waals surface area contributed by atoms with Crippen LogP contribution in [-0.2, 0) is 4.79 Å². The molecule has 31 heavy (non-hydrogen) atoms. The normalized spacial score (nSPS) is 14.0. The van der Waals surface area contributed by atoms with Gasteiger partial charge in [-0.3, -0.25) is 4.79 Å². The third-order valence-corrected chi connectivity index (χ3v) is 5.77. The molecule has 1 fully saturated rings. The van der Waals surface area contributed by atoms with Crippen molar-refractivity contribution in [3.05, 3.63) is 54.3 Å². The zero-order chi connectivity index (χ0) is 21.6. The van der Waals surface area contributed by atoms with Crippen LogP contribution in [0, 0.1) is 5.82 Å². The van der Waals surface area contributed by atoms with Crippen molar-refractivity contribution in [3.63, 3.8) is 0 Å². The Balaban J connectivity index is 1.31. The Morgan fingerprint density at radius 2 is 1.84 bits per heavy atom. The standard InChI is InChI=1S/C22H23FN4O3S/c1-2-29-19-10-6-3-7-16(19)21-24-25-22(30-21)31-15-20(28)27-13-11-26(12-14-27)18-9-5-4-8-17(18)23/h3-10H,2,11-15H2,1H3. The minimum absolute atomic E-state index is 0.00681. The van der Waals surface area contributed by atoms with Crippen molar-refractivity contribution in [2.45, 2.75) is 12.1 Å². The molecule has 0 unspecified atom stereocenters. The van der Waals surface area contributed by atoms with Crippen LogP contribution in [0.15, 0.2) is 58.2 Å². The lowest BCUT2D eigenvalue weighted by molar-refractivity contribution is -0.128. The van der Waals surface area contributed by atoms with Gasteiger partial charge in [-0.1, -0.05) is 36.0 Å². The Morgan fingerprint density at radius 1 is 1.10 bits per heavy atom. The first kappa shape index (κ1) is 21.2. The molecule has 162 valence electrons. The highest BCUT2D eigenvalue weighted by molar-refractivity contribution is 7.99. The summed E-state index contributed by atoms with van der Waals surface area (Å²) < 4.78 is 25.3. The van der Waals surface area contributed by atoms with E-state index in [1.54, 1.807) is 17.0 Å². The molecule has 7 nitrogen and oxygen atoms in total. The molecule has 0 N–H and O–H groups in total. The second-order valence-corrected chi connectivity index (χ2v) is 7.84. The zero-order valence-corrected chi connectivity index (χ0v) is 18.0. The fraction of sp³-hybridized carbons (Fsp3) is 0.318. The summed E-state index contributed by atoms with van der Waals surface area (Å²) in [5, 5.41) is 8.46. The summed E-state index contributed by atoms with van der Waals surface area (Å²) in [6.07, 6.45) is 0. The van der Waals surface area contributed by atoms with Crippen molar-refractivity contribution < 1.29 is 18.3 Å². The number of ether oxygens (including phenoxy) is 1. The SMILES string of the molecule is CCOc1ccccc1-c1nnc(SCC(=O)N2CCN(c3ccccc3F)CC2)o1. The molecule has 0 bridgehead atoms. The van der Waals surface area contributed by atoms with E-state index in [0.717, 1.165) is 5.56 Å². The van der Waals surface area contributed by atoms with Gasteiger partial charge in [-0.25, -0.2) is 4.39 Å². The Kier molecular flexibility index (Phi) is 6.71. The van der Waals surface area contributed by atoms with Gasteiger partial charge < -0.3 is 19.0 Å². The van der Waals surface area contributed by atoms with E-state index in [4.69, 9.17) is 9.15 Å². The predicted octanol–water partition coefficient (Wildman–Crippen LogP) is 3.72. The number of halogens is 1. The van der Waals surface area contributed by atoms with Crippen LogP contribution >= 0.6 is 11.8 Å². The molecule has 0 spiro atoms. The smallest absolute Gasteiger partial charge is 0.277 e. The molecule has 4 rings (SSSR count). The minimum Gasteiger partial charge on any atom is -0.493 e. The summed E-state index contributed by atoms with van der Waals surface area (Å²) in [4.78, 5) is 16.3. The summed E-state index contributed by atoms with van der Waals surface area (Å²) in [6, 6.07) is 14.2. The van der Waals surface area contributed by atoms with Crippen LogP contribution in [0.1, 0.15) is 6.92 Å². The molecule has 1 aliphatic heterocycles.